The molecule has 3 aromatic rings. The van der Waals surface area contributed by atoms with Crippen LogP contribution in [0.15, 0.2) is 59.4 Å². The molecular weight excluding hydrogens is 513 g/mol. The fraction of sp³-hybridized carbons (Fsp3) is 0.280. The number of carboxylic acids is 1. The lowest BCUT2D eigenvalue weighted by molar-refractivity contribution is -0.137. The van der Waals surface area contributed by atoms with Gasteiger partial charge in [-0.05, 0) is 62.2 Å². The van der Waals surface area contributed by atoms with E-state index in [1.165, 1.54) is 32.1 Å². The van der Waals surface area contributed by atoms with Gasteiger partial charge >= 0.3 is 17.8 Å². The molecule has 0 radical (unpaired) electrons. The molecule has 1 amide bonds. The van der Waals surface area contributed by atoms with E-state index in [0.29, 0.717) is 17.0 Å². The van der Waals surface area contributed by atoms with Crippen LogP contribution in [0.25, 0.3) is 17.1 Å². The molecular formula is C25H24ClF3N4O4. The molecule has 0 unspecified atom stereocenters. The Bertz CT molecular complexity index is 1410. The summed E-state index contributed by atoms with van der Waals surface area (Å²) >= 11 is 5.94. The second-order valence-corrected chi connectivity index (χ2v) is 9.10. The number of amides is 1. The van der Waals surface area contributed by atoms with Crippen molar-refractivity contribution in [3.63, 3.8) is 0 Å². The summed E-state index contributed by atoms with van der Waals surface area (Å²) in [7, 11) is 0. The maximum absolute atomic E-state index is 13.2. The average molecular weight is 537 g/mol. The van der Waals surface area contributed by atoms with Gasteiger partial charge in [-0.1, -0.05) is 36.7 Å². The van der Waals surface area contributed by atoms with Gasteiger partial charge < -0.3 is 10.4 Å². The minimum Gasteiger partial charge on any atom is -0.477 e. The molecule has 3 rings (SSSR count). The number of allylic oxidation sites excluding steroid dienone is 1. The first-order valence-corrected chi connectivity index (χ1v) is 11.5. The highest BCUT2D eigenvalue weighted by Crippen LogP contribution is 2.32. The number of nitrogens with one attached hydrogen (secondary N) is 1. The molecule has 8 nitrogen and oxygen atoms in total. The Morgan fingerprint density at radius 2 is 1.73 bits per heavy atom. The van der Waals surface area contributed by atoms with E-state index in [1.807, 2.05) is 0 Å². The molecule has 37 heavy (non-hydrogen) atoms. The topological polar surface area (TPSA) is 106 Å². The van der Waals surface area contributed by atoms with Gasteiger partial charge in [0.15, 0.2) is 5.82 Å². The van der Waals surface area contributed by atoms with E-state index in [1.54, 1.807) is 31.2 Å². The second kappa shape index (κ2) is 10.6. The largest absolute Gasteiger partial charge is 0.477 e. The SMILES string of the molecule is CCC=C(C(=O)O)n1c(-c2ccc(Cl)cc2)nn(CC(=O)NC(C)(C)c2cccc(C(F)(F)F)c2)c1=O. The lowest BCUT2D eigenvalue weighted by Crippen LogP contribution is -2.44. The Kier molecular flexibility index (Phi) is 7.97. The third-order valence-electron chi connectivity index (χ3n) is 5.46. The van der Waals surface area contributed by atoms with Gasteiger partial charge in [0, 0.05) is 10.6 Å². The molecule has 2 aromatic carbocycles. The number of hydrogen-bond acceptors (Lipinski definition) is 4. The number of aromatic nitrogens is 3. The van der Waals surface area contributed by atoms with Crippen LogP contribution in [0.1, 0.15) is 38.3 Å². The van der Waals surface area contributed by atoms with Gasteiger partial charge in [0.25, 0.3) is 0 Å². The molecule has 196 valence electrons. The summed E-state index contributed by atoms with van der Waals surface area (Å²) in [4.78, 5) is 38.0. The molecule has 12 heteroatoms. The third kappa shape index (κ3) is 6.29. The molecule has 2 N–H and O–H groups in total. The number of aliphatic carboxylic acids is 1. The summed E-state index contributed by atoms with van der Waals surface area (Å²) in [6.45, 7) is 4.14. The Balaban J connectivity index is 1.98. The van der Waals surface area contributed by atoms with Gasteiger partial charge in [0.2, 0.25) is 5.91 Å². The van der Waals surface area contributed by atoms with Crippen LogP contribution in [0.5, 0.6) is 0 Å². The minimum absolute atomic E-state index is 0.0197. The Hall–Kier alpha value is -3.86. The fourth-order valence-electron chi connectivity index (χ4n) is 3.66. The molecule has 0 bridgehead atoms. The van der Waals surface area contributed by atoms with E-state index >= 15 is 0 Å². The zero-order valence-electron chi connectivity index (χ0n) is 20.1. The standard InChI is InChI=1S/C25H24ClF3N4O4/c1-4-6-19(22(35)36)33-21(15-9-11-18(26)12-10-15)31-32(23(33)37)14-20(34)30-24(2,3)16-7-5-8-17(13-16)25(27,28)29/h5-13H,4,14H2,1-3H3,(H,30,34)(H,35,36). The smallest absolute Gasteiger partial charge is 0.416 e. The first-order chi connectivity index (χ1) is 17.2. The van der Waals surface area contributed by atoms with Crippen molar-refractivity contribution in [3.05, 3.63) is 81.2 Å². The summed E-state index contributed by atoms with van der Waals surface area (Å²) in [6, 6.07) is 10.7. The van der Waals surface area contributed by atoms with Crippen LogP contribution in [-0.2, 0) is 27.8 Å². The maximum atomic E-state index is 13.2. The van der Waals surface area contributed by atoms with Gasteiger partial charge in [0.05, 0.1) is 11.1 Å². The fourth-order valence-corrected chi connectivity index (χ4v) is 3.79. The van der Waals surface area contributed by atoms with Gasteiger partial charge in [-0.2, -0.15) is 13.2 Å². The highest BCUT2D eigenvalue weighted by molar-refractivity contribution is 6.30. The number of alkyl halides is 3. The van der Waals surface area contributed by atoms with E-state index in [0.717, 1.165) is 21.4 Å². The van der Waals surface area contributed by atoms with Crippen molar-refractivity contribution >= 4 is 29.2 Å². The normalized spacial score (nSPS) is 12.5. The van der Waals surface area contributed by atoms with Crippen molar-refractivity contribution in [2.24, 2.45) is 0 Å². The van der Waals surface area contributed by atoms with E-state index in [2.05, 4.69) is 10.4 Å². The molecule has 0 aliphatic rings. The monoisotopic (exact) mass is 536 g/mol. The summed E-state index contributed by atoms with van der Waals surface area (Å²) in [6.07, 6.45) is -2.90. The Morgan fingerprint density at radius 3 is 2.30 bits per heavy atom. The van der Waals surface area contributed by atoms with Crippen LogP contribution in [0, 0.1) is 0 Å². The molecule has 0 aliphatic heterocycles. The number of carbonyl (C=O) groups excluding carboxylic acids is 1. The summed E-state index contributed by atoms with van der Waals surface area (Å²) in [5.74, 6) is -2.10. The Labute approximate surface area is 215 Å². The zero-order chi connectivity index (χ0) is 27.5. The number of rotatable bonds is 8. The summed E-state index contributed by atoms with van der Waals surface area (Å²) in [5.41, 5.74) is -2.72. The lowest BCUT2D eigenvalue weighted by Gasteiger charge is -2.27. The van der Waals surface area contributed by atoms with Crippen molar-refractivity contribution in [3.8, 4) is 11.4 Å². The average Bonchev–Trinajstić information content (AvgIpc) is 3.12. The van der Waals surface area contributed by atoms with Crippen molar-refractivity contribution in [1.29, 1.82) is 0 Å². The maximum Gasteiger partial charge on any atom is 0.416 e. The van der Waals surface area contributed by atoms with Gasteiger partial charge in [-0.15, -0.1) is 5.10 Å². The number of carboxylic acid groups (broad SMARTS) is 1. The first kappa shape index (κ1) is 27.7. The second-order valence-electron chi connectivity index (χ2n) is 8.66. The van der Waals surface area contributed by atoms with Crippen LogP contribution < -0.4 is 11.0 Å². The van der Waals surface area contributed by atoms with E-state index in [-0.39, 0.29) is 17.1 Å². The van der Waals surface area contributed by atoms with E-state index < -0.39 is 41.4 Å². The van der Waals surface area contributed by atoms with Crippen molar-refractivity contribution < 1.29 is 27.9 Å². The number of carbonyl (C=O) groups is 2. The van der Waals surface area contributed by atoms with Gasteiger partial charge in [0.1, 0.15) is 12.2 Å². The summed E-state index contributed by atoms with van der Waals surface area (Å²) < 4.78 is 41.1. The van der Waals surface area contributed by atoms with Crippen LogP contribution >= 0.6 is 11.6 Å². The number of benzene rings is 2. The van der Waals surface area contributed by atoms with Crippen molar-refractivity contribution in [1.82, 2.24) is 19.7 Å². The molecule has 0 aliphatic carbocycles. The molecule has 0 spiro atoms. The first-order valence-electron chi connectivity index (χ1n) is 11.1. The van der Waals surface area contributed by atoms with Crippen LogP contribution in [-0.4, -0.2) is 31.3 Å². The van der Waals surface area contributed by atoms with Gasteiger partial charge in [-0.25, -0.2) is 18.8 Å². The highest BCUT2D eigenvalue weighted by atomic mass is 35.5. The van der Waals surface area contributed by atoms with Crippen molar-refractivity contribution in [2.45, 2.75) is 45.5 Å². The van der Waals surface area contributed by atoms with Crippen LogP contribution in [0.4, 0.5) is 13.2 Å². The van der Waals surface area contributed by atoms with Gasteiger partial charge in [-0.3, -0.25) is 4.79 Å². The predicted molar refractivity (Wildman–Crippen MR) is 132 cm³/mol. The van der Waals surface area contributed by atoms with Crippen molar-refractivity contribution in [2.75, 3.05) is 0 Å². The number of nitrogens with zero attached hydrogens (tertiary/aromatic N) is 3. The predicted octanol–water partition coefficient (Wildman–Crippen LogP) is 4.77. The lowest BCUT2D eigenvalue weighted by atomic mass is 9.92. The number of hydrogen-bond donors (Lipinski definition) is 2. The molecule has 0 atom stereocenters. The molecule has 1 aromatic heterocycles. The molecule has 1 heterocycles. The molecule has 0 saturated carbocycles. The van der Waals surface area contributed by atoms with Crippen LogP contribution in [0.3, 0.4) is 0 Å². The van der Waals surface area contributed by atoms with E-state index in [9.17, 15) is 32.7 Å². The highest BCUT2D eigenvalue weighted by Gasteiger charge is 2.33. The quantitative estimate of drug-likeness (QED) is 0.403. The minimum atomic E-state index is -4.55. The Morgan fingerprint density at radius 1 is 1.11 bits per heavy atom. The molecule has 0 fully saturated rings. The zero-order valence-corrected chi connectivity index (χ0v) is 20.9. The number of halogens is 4. The summed E-state index contributed by atoms with van der Waals surface area (Å²) in [5, 5.41) is 16.9. The van der Waals surface area contributed by atoms with Crippen LogP contribution in [0.2, 0.25) is 5.02 Å². The third-order valence-corrected chi connectivity index (χ3v) is 5.71. The molecule has 0 saturated heterocycles. The van der Waals surface area contributed by atoms with E-state index in [4.69, 9.17) is 11.6 Å².